The summed E-state index contributed by atoms with van der Waals surface area (Å²) >= 11 is 0. The van der Waals surface area contributed by atoms with Gasteiger partial charge in [-0.3, -0.25) is 9.59 Å². The lowest BCUT2D eigenvalue weighted by Gasteiger charge is -2.20. The molecule has 0 aliphatic rings. The van der Waals surface area contributed by atoms with Gasteiger partial charge in [0.25, 0.3) is 0 Å². The van der Waals surface area contributed by atoms with Crippen molar-refractivity contribution in [1.29, 1.82) is 0 Å². The van der Waals surface area contributed by atoms with E-state index in [0.717, 1.165) is 25.7 Å². The summed E-state index contributed by atoms with van der Waals surface area (Å²) in [6.45, 7) is 12.7. The number of carboxylic acids is 1. The Bertz CT molecular complexity index is 557. The summed E-state index contributed by atoms with van der Waals surface area (Å²) in [6.07, 6.45) is 34.6. The highest BCUT2D eigenvalue weighted by molar-refractivity contribution is 5.72. The predicted octanol–water partition coefficient (Wildman–Crippen LogP) is 12.9. The number of rotatable bonds is 30. The molecule has 42 heavy (non-hydrogen) atoms. The fourth-order valence-corrected chi connectivity index (χ4v) is 5.54. The molecule has 1 atom stereocenters. The minimum Gasteiger partial charge on any atom is -0.481 e. The van der Waals surface area contributed by atoms with Crippen LogP contribution in [0.2, 0.25) is 0 Å². The lowest BCUT2D eigenvalue weighted by atomic mass is 9.90. The quantitative estimate of drug-likeness (QED) is 0.0661. The monoisotopic (exact) mass is 597 g/mol. The number of aliphatic carboxylic acids is 1. The van der Waals surface area contributed by atoms with Crippen LogP contribution in [0.4, 0.5) is 0 Å². The first-order chi connectivity index (χ1) is 20.3. The fraction of sp³-hybridized carbons (Fsp3) is 0.947. The smallest absolute Gasteiger partial charge is 0.309 e. The molecule has 0 saturated carbocycles. The first kappa shape index (κ1) is 43.1. The first-order valence-electron chi connectivity index (χ1n) is 18.7. The van der Waals surface area contributed by atoms with Crippen molar-refractivity contribution in [3.63, 3.8) is 0 Å². The second-order valence-corrected chi connectivity index (χ2v) is 13.4. The molecule has 0 fully saturated rings. The molecule has 0 bridgehead atoms. The Hall–Kier alpha value is -1.06. The Morgan fingerprint density at radius 1 is 0.500 bits per heavy atom. The molecule has 0 aromatic rings. The summed E-state index contributed by atoms with van der Waals surface area (Å²) < 4.78 is 5.39. The molecule has 0 spiro atoms. The molecule has 252 valence electrons. The van der Waals surface area contributed by atoms with Crippen molar-refractivity contribution in [1.82, 2.24) is 0 Å². The molecule has 0 heterocycles. The minimum atomic E-state index is -0.655. The highest BCUT2D eigenvalue weighted by Crippen LogP contribution is 2.22. The van der Waals surface area contributed by atoms with Crippen LogP contribution in [0.15, 0.2) is 0 Å². The third-order valence-electron chi connectivity index (χ3n) is 8.32. The Morgan fingerprint density at radius 3 is 1.10 bits per heavy atom. The second kappa shape index (κ2) is 34.4. The van der Waals surface area contributed by atoms with E-state index in [1.807, 2.05) is 13.8 Å². The summed E-state index contributed by atoms with van der Waals surface area (Å²) in [5.74, 6) is -0.194. The van der Waals surface area contributed by atoms with Gasteiger partial charge in [0, 0.05) is 6.42 Å². The van der Waals surface area contributed by atoms with E-state index in [4.69, 9.17) is 9.84 Å². The van der Waals surface area contributed by atoms with Crippen LogP contribution in [-0.2, 0) is 14.3 Å². The van der Waals surface area contributed by atoms with E-state index in [0.29, 0.717) is 12.3 Å². The molecule has 4 heteroatoms. The standard InChI is InChI=1S/C22H44O2.C16H32O2/c1-6-7-8-9-10-11-12-13-14-15-16-17-18-21(19(2)3)22(23)24-20(4)5;1-2-3-4-5-6-7-8-9-10-11-12-13-14-15-16(17)18/h19-21H,6-18H2,1-5H3;2-15H2,1H3,(H,17,18). The average molecular weight is 597 g/mol. The largest absolute Gasteiger partial charge is 0.481 e. The van der Waals surface area contributed by atoms with Crippen LogP contribution in [0.3, 0.4) is 0 Å². The van der Waals surface area contributed by atoms with Crippen LogP contribution in [0, 0.1) is 11.8 Å². The maximum atomic E-state index is 12.1. The van der Waals surface area contributed by atoms with Crippen molar-refractivity contribution in [3.05, 3.63) is 0 Å². The molecule has 0 radical (unpaired) electrons. The molecule has 0 rings (SSSR count). The fourth-order valence-electron chi connectivity index (χ4n) is 5.54. The zero-order valence-electron chi connectivity index (χ0n) is 29.5. The van der Waals surface area contributed by atoms with E-state index >= 15 is 0 Å². The van der Waals surface area contributed by atoms with Gasteiger partial charge in [-0.05, 0) is 32.6 Å². The average Bonchev–Trinajstić information content (AvgIpc) is 2.93. The number of carbonyl (C=O) groups excluding carboxylic acids is 1. The number of esters is 1. The van der Waals surface area contributed by atoms with Gasteiger partial charge < -0.3 is 9.84 Å². The Balaban J connectivity index is 0. The number of hydrogen-bond donors (Lipinski definition) is 1. The number of ether oxygens (including phenoxy) is 1. The van der Waals surface area contributed by atoms with Crippen molar-refractivity contribution in [2.24, 2.45) is 11.8 Å². The Kier molecular flexibility index (Phi) is 35.3. The lowest BCUT2D eigenvalue weighted by Crippen LogP contribution is -2.25. The van der Waals surface area contributed by atoms with Crippen molar-refractivity contribution >= 4 is 11.9 Å². The predicted molar refractivity (Wildman–Crippen MR) is 183 cm³/mol. The maximum absolute atomic E-state index is 12.1. The maximum Gasteiger partial charge on any atom is 0.309 e. The third kappa shape index (κ3) is 35.1. The van der Waals surface area contributed by atoms with Gasteiger partial charge in [-0.1, -0.05) is 182 Å². The summed E-state index contributed by atoms with van der Waals surface area (Å²) in [6, 6.07) is 0. The van der Waals surface area contributed by atoms with Gasteiger partial charge in [-0.15, -0.1) is 0 Å². The van der Waals surface area contributed by atoms with Crippen LogP contribution >= 0.6 is 0 Å². The van der Waals surface area contributed by atoms with Gasteiger partial charge >= 0.3 is 11.9 Å². The SMILES string of the molecule is CCCCCCCCCCCCCCC(C(=O)OC(C)C)C(C)C.CCCCCCCCCCCCCCCC(=O)O. The number of unbranched alkanes of at least 4 members (excludes halogenated alkanes) is 23. The molecule has 0 aromatic carbocycles. The van der Waals surface area contributed by atoms with Crippen molar-refractivity contribution in [2.75, 3.05) is 0 Å². The Morgan fingerprint density at radius 2 is 0.810 bits per heavy atom. The summed E-state index contributed by atoms with van der Waals surface area (Å²) in [7, 11) is 0. The molecule has 4 nitrogen and oxygen atoms in total. The third-order valence-corrected chi connectivity index (χ3v) is 8.32. The van der Waals surface area contributed by atoms with E-state index in [1.54, 1.807) is 0 Å². The van der Waals surface area contributed by atoms with Gasteiger partial charge in [0.05, 0.1) is 12.0 Å². The molecule has 1 N–H and O–H groups in total. The number of carbonyl (C=O) groups is 2. The minimum absolute atomic E-state index is 0.000669. The molecular weight excluding hydrogens is 520 g/mol. The Labute approximate surface area is 263 Å². The van der Waals surface area contributed by atoms with Crippen LogP contribution < -0.4 is 0 Å². The van der Waals surface area contributed by atoms with Crippen LogP contribution in [0.1, 0.15) is 215 Å². The van der Waals surface area contributed by atoms with E-state index in [9.17, 15) is 9.59 Å². The van der Waals surface area contributed by atoms with Crippen molar-refractivity contribution < 1.29 is 19.4 Å². The van der Waals surface area contributed by atoms with Crippen molar-refractivity contribution in [3.8, 4) is 0 Å². The molecule has 0 aliphatic heterocycles. The van der Waals surface area contributed by atoms with Gasteiger partial charge in [0.15, 0.2) is 0 Å². The summed E-state index contributed by atoms with van der Waals surface area (Å²) in [5.41, 5.74) is 0. The highest BCUT2D eigenvalue weighted by atomic mass is 16.5. The van der Waals surface area contributed by atoms with E-state index in [2.05, 4.69) is 27.7 Å². The van der Waals surface area contributed by atoms with Crippen LogP contribution in [-0.4, -0.2) is 23.1 Å². The van der Waals surface area contributed by atoms with E-state index in [1.165, 1.54) is 141 Å². The summed E-state index contributed by atoms with van der Waals surface area (Å²) in [5, 5.41) is 8.49. The van der Waals surface area contributed by atoms with Gasteiger partial charge in [0.2, 0.25) is 0 Å². The topological polar surface area (TPSA) is 63.6 Å². The molecular formula is C38H76O4. The molecule has 0 aromatic heterocycles. The van der Waals surface area contributed by atoms with Gasteiger partial charge in [-0.2, -0.15) is 0 Å². The zero-order valence-corrected chi connectivity index (χ0v) is 29.5. The first-order valence-corrected chi connectivity index (χ1v) is 18.7. The van der Waals surface area contributed by atoms with E-state index < -0.39 is 5.97 Å². The summed E-state index contributed by atoms with van der Waals surface area (Å²) in [4.78, 5) is 22.4. The normalized spacial score (nSPS) is 11.9. The van der Waals surface area contributed by atoms with Crippen molar-refractivity contribution in [2.45, 2.75) is 221 Å². The second-order valence-electron chi connectivity index (χ2n) is 13.4. The van der Waals surface area contributed by atoms with Gasteiger partial charge in [0.1, 0.15) is 0 Å². The lowest BCUT2D eigenvalue weighted by molar-refractivity contribution is -0.154. The zero-order chi connectivity index (χ0) is 31.7. The number of carboxylic acid groups (broad SMARTS) is 1. The molecule has 0 aliphatic carbocycles. The van der Waals surface area contributed by atoms with E-state index in [-0.39, 0.29) is 18.0 Å². The van der Waals surface area contributed by atoms with Gasteiger partial charge in [-0.25, -0.2) is 0 Å². The molecule has 0 saturated heterocycles. The number of hydrogen-bond acceptors (Lipinski definition) is 3. The highest BCUT2D eigenvalue weighted by Gasteiger charge is 2.23. The van der Waals surface area contributed by atoms with Crippen LogP contribution in [0.25, 0.3) is 0 Å². The molecule has 0 amide bonds. The molecule has 1 unspecified atom stereocenters. The van der Waals surface area contributed by atoms with Crippen LogP contribution in [0.5, 0.6) is 0 Å².